The van der Waals surface area contributed by atoms with Crippen molar-refractivity contribution in [2.24, 2.45) is 4.99 Å². The van der Waals surface area contributed by atoms with E-state index < -0.39 is 0 Å². The smallest absolute Gasteiger partial charge is 0.128 e. The number of hydrogen-bond donors (Lipinski definition) is 3. The van der Waals surface area contributed by atoms with Crippen molar-refractivity contribution in [2.75, 3.05) is 18.8 Å². The highest BCUT2D eigenvalue weighted by Crippen LogP contribution is 2.25. The zero-order valence-electron chi connectivity index (χ0n) is 15.7. The van der Waals surface area contributed by atoms with Crippen molar-refractivity contribution in [2.45, 2.75) is 39.4 Å². The Morgan fingerprint density at radius 3 is 2.77 bits per heavy atom. The average Bonchev–Trinajstić information content (AvgIpc) is 3.03. The molecule has 1 saturated heterocycles. The number of hydrogen-bond acceptors (Lipinski definition) is 6. The lowest BCUT2D eigenvalue weighted by Crippen LogP contribution is -2.21. The van der Waals surface area contributed by atoms with E-state index in [1.165, 1.54) is 0 Å². The Morgan fingerprint density at radius 2 is 2.23 bits per heavy atom. The Hall–Kier alpha value is -2.60. The highest BCUT2D eigenvalue weighted by Gasteiger charge is 2.22. The minimum atomic E-state index is -0.353. The van der Waals surface area contributed by atoms with Crippen LogP contribution in [0.4, 0.5) is 5.69 Å². The Balaban J connectivity index is 2.31. The number of benzene rings is 1. The van der Waals surface area contributed by atoms with Gasteiger partial charge in [-0.2, -0.15) is 0 Å². The number of rotatable bonds is 7. The lowest BCUT2D eigenvalue weighted by atomic mass is 10.00. The first-order chi connectivity index (χ1) is 12.3. The van der Waals surface area contributed by atoms with Crippen molar-refractivity contribution in [3.05, 3.63) is 47.3 Å². The van der Waals surface area contributed by atoms with Crippen LogP contribution in [0.5, 0.6) is 5.75 Å². The van der Waals surface area contributed by atoms with Crippen molar-refractivity contribution < 1.29 is 9.84 Å². The van der Waals surface area contributed by atoms with Crippen molar-refractivity contribution in [3.8, 4) is 5.75 Å². The van der Waals surface area contributed by atoms with Gasteiger partial charge >= 0.3 is 0 Å². The molecule has 1 heterocycles. The molecule has 0 unspecified atom stereocenters. The van der Waals surface area contributed by atoms with Gasteiger partial charge in [-0.05, 0) is 63.8 Å². The van der Waals surface area contributed by atoms with E-state index in [1.54, 1.807) is 18.2 Å². The van der Waals surface area contributed by atoms with Gasteiger partial charge in [-0.15, -0.1) is 0 Å². The molecule has 0 aromatic heterocycles. The second-order valence-electron chi connectivity index (χ2n) is 6.58. The van der Waals surface area contributed by atoms with Crippen LogP contribution < -0.4 is 10.5 Å². The predicted octanol–water partition coefficient (Wildman–Crippen LogP) is 2.98. The number of aliphatic hydroxyl groups is 1. The molecule has 1 aromatic rings. The monoisotopic (exact) mass is 356 g/mol. The van der Waals surface area contributed by atoms with E-state index in [9.17, 15) is 5.11 Å². The van der Waals surface area contributed by atoms with Gasteiger partial charge in [0.05, 0.1) is 17.9 Å². The molecule has 0 amide bonds. The number of ether oxygens (including phenoxy) is 1. The van der Waals surface area contributed by atoms with Crippen LogP contribution in [0.3, 0.4) is 0 Å². The zero-order chi connectivity index (χ0) is 19.3. The first kappa shape index (κ1) is 19.7. The van der Waals surface area contributed by atoms with E-state index in [0.29, 0.717) is 47.1 Å². The van der Waals surface area contributed by atoms with Crippen LogP contribution in [0.15, 0.2) is 46.7 Å². The van der Waals surface area contributed by atoms with Gasteiger partial charge in [-0.3, -0.25) is 5.41 Å². The highest BCUT2D eigenvalue weighted by molar-refractivity contribution is 6.15. The molecule has 0 radical (unpaired) electrons. The largest absolute Gasteiger partial charge is 0.491 e. The maximum absolute atomic E-state index is 9.74. The van der Waals surface area contributed by atoms with Crippen LogP contribution in [0.2, 0.25) is 0 Å². The van der Waals surface area contributed by atoms with Gasteiger partial charge in [0, 0.05) is 24.3 Å². The molecule has 0 saturated carbocycles. The highest BCUT2D eigenvalue weighted by atomic mass is 16.5. The van der Waals surface area contributed by atoms with E-state index >= 15 is 0 Å². The quantitative estimate of drug-likeness (QED) is 0.398. The SMILES string of the molecule is C=N/C(=C\C(=C/C)C(=N)c1cc(OC(C)C)ccc1N)N1CC[C@H](O)C1. The van der Waals surface area contributed by atoms with Crippen LogP contribution in [0.25, 0.3) is 0 Å². The van der Waals surface area contributed by atoms with Crippen LogP contribution in [0, 0.1) is 5.41 Å². The van der Waals surface area contributed by atoms with Gasteiger partial charge in [0.2, 0.25) is 0 Å². The van der Waals surface area contributed by atoms with Crippen LogP contribution in [0.1, 0.15) is 32.8 Å². The summed E-state index contributed by atoms with van der Waals surface area (Å²) in [4.78, 5) is 6.05. The molecule has 1 atom stereocenters. The fourth-order valence-electron chi connectivity index (χ4n) is 2.88. The maximum atomic E-state index is 9.74. The van der Waals surface area contributed by atoms with Gasteiger partial charge in [0.15, 0.2) is 0 Å². The summed E-state index contributed by atoms with van der Waals surface area (Å²) in [6.07, 6.45) is 4.05. The molecule has 2 rings (SSSR count). The third-order valence-corrected chi connectivity index (χ3v) is 4.20. The van der Waals surface area contributed by atoms with E-state index in [2.05, 4.69) is 11.7 Å². The van der Waals surface area contributed by atoms with E-state index in [0.717, 1.165) is 6.54 Å². The third kappa shape index (κ3) is 4.73. The van der Waals surface area contributed by atoms with Gasteiger partial charge in [-0.1, -0.05) is 6.08 Å². The van der Waals surface area contributed by atoms with E-state index in [-0.39, 0.29) is 12.2 Å². The summed E-state index contributed by atoms with van der Waals surface area (Å²) in [5, 5.41) is 18.4. The first-order valence-corrected chi connectivity index (χ1v) is 8.79. The minimum absolute atomic E-state index is 0.0416. The summed E-state index contributed by atoms with van der Waals surface area (Å²) in [5.74, 6) is 1.32. The Kier molecular flexibility index (Phi) is 6.58. The molecular formula is C20H28N4O2. The van der Waals surface area contributed by atoms with Gasteiger partial charge in [0.1, 0.15) is 11.6 Å². The lowest BCUT2D eigenvalue weighted by molar-refractivity contribution is 0.183. The fourth-order valence-corrected chi connectivity index (χ4v) is 2.88. The second kappa shape index (κ2) is 8.67. The molecule has 26 heavy (non-hydrogen) atoms. The van der Waals surface area contributed by atoms with Gasteiger partial charge < -0.3 is 20.5 Å². The van der Waals surface area contributed by atoms with Crippen LogP contribution in [-0.4, -0.2) is 47.7 Å². The number of anilines is 1. The number of nitrogen functional groups attached to an aromatic ring is 1. The van der Waals surface area contributed by atoms with E-state index in [4.69, 9.17) is 15.9 Å². The lowest BCUT2D eigenvalue weighted by Gasteiger charge is -2.19. The van der Waals surface area contributed by atoms with Crippen molar-refractivity contribution in [1.82, 2.24) is 4.90 Å². The van der Waals surface area contributed by atoms with E-state index in [1.807, 2.05) is 37.8 Å². The van der Waals surface area contributed by atoms with Gasteiger partial charge in [-0.25, -0.2) is 4.99 Å². The average molecular weight is 356 g/mol. The van der Waals surface area contributed by atoms with Crippen LogP contribution >= 0.6 is 0 Å². The maximum Gasteiger partial charge on any atom is 0.128 e. The van der Waals surface area contributed by atoms with Crippen molar-refractivity contribution >= 4 is 18.1 Å². The number of nitrogens with one attached hydrogen (secondary N) is 1. The molecule has 6 heteroatoms. The molecule has 1 aromatic carbocycles. The fraction of sp³-hybridized carbons (Fsp3) is 0.400. The molecule has 1 fully saturated rings. The third-order valence-electron chi connectivity index (χ3n) is 4.20. The number of likely N-dealkylation sites (tertiary alicyclic amines) is 1. The summed E-state index contributed by atoms with van der Waals surface area (Å²) in [6.45, 7) is 10.6. The Labute approximate surface area is 155 Å². The number of aliphatic imine (C=N–C) groups is 1. The molecule has 1 aliphatic rings. The number of allylic oxidation sites excluding steroid dienone is 3. The van der Waals surface area contributed by atoms with Crippen molar-refractivity contribution in [3.63, 3.8) is 0 Å². The number of β-amino-alcohol motifs (C(OH)–C–C–N with tert-alkyl or cyclic N) is 1. The normalized spacial score (nSPS) is 18.3. The summed E-state index contributed by atoms with van der Waals surface area (Å²) < 4.78 is 5.72. The first-order valence-electron chi connectivity index (χ1n) is 8.79. The number of nitrogens with zero attached hydrogens (tertiary/aromatic N) is 2. The summed E-state index contributed by atoms with van der Waals surface area (Å²) >= 11 is 0. The molecule has 140 valence electrons. The number of nitrogens with two attached hydrogens (primary N) is 1. The standard InChI is InChI=1S/C20H28N4O2/c1-5-14(10-19(23-4)24-9-8-15(25)12-24)20(22)17-11-16(26-13(2)3)6-7-18(17)21/h5-7,10-11,13,15,22,25H,4,8-9,12,21H2,1-3H3/b14-5+,19-10+,22-20?/t15-/m0/s1. The Morgan fingerprint density at radius 1 is 1.50 bits per heavy atom. The van der Waals surface area contributed by atoms with Crippen LogP contribution in [-0.2, 0) is 0 Å². The molecule has 0 aliphatic carbocycles. The molecule has 0 bridgehead atoms. The molecule has 0 spiro atoms. The molecule has 6 nitrogen and oxygen atoms in total. The predicted molar refractivity (Wildman–Crippen MR) is 107 cm³/mol. The summed E-state index contributed by atoms with van der Waals surface area (Å²) in [5.41, 5.74) is 8.19. The number of aliphatic hydroxyl groups excluding tert-OH is 1. The molecule has 4 N–H and O–H groups in total. The summed E-state index contributed by atoms with van der Waals surface area (Å²) in [6, 6.07) is 5.34. The second-order valence-corrected chi connectivity index (χ2v) is 6.58. The molecular weight excluding hydrogens is 328 g/mol. The van der Waals surface area contributed by atoms with Crippen molar-refractivity contribution in [1.29, 1.82) is 5.41 Å². The molecule has 1 aliphatic heterocycles. The topological polar surface area (TPSA) is 94.9 Å². The van der Waals surface area contributed by atoms with Gasteiger partial charge in [0.25, 0.3) is 0 Å². The Bertz CT molecular complexity index is 737. The summed E-state index contributed by atoms with van der Waals surface area (Å²) in [7, 11) is 0. The minimum Gasteiger partial charge on any atom is -0.491 e. The zero-order valence-corrected chi connectivity index (χ0v) is 15.7.